The van der Waals surface area contributed by atoms with Crippen LogP contribution in [0.15, 0.2) is 30.3 Å². The molecular weight excluding hydrogens is 400 g/mol. The number of ether oxygens (including phenoxy) is 3. The number of carbonyl (C=O) groups excluding carboxylic acids is 1. The Hall–Kier alpha value is -2.64. The minimum absolute atomic E-state index is 0.0118. The summed E-state index contributed by atoms with van der Waals surface area (Å²) >= 11 is 1.57. The van der Waals surface area contributed by atoms with Gasteiger partial charge in [0.05, 0.1) is 29.3 Å². The molecule has 0 spiro atoms. The summed E-state index contributed by atoms with van der Waals surface area (Å²) < 4.78 is 17.8. The van der Waals surface area contributed by atoms with Crippen molar-refractivity contribution in [3.8, 4) is 11.5 Å². The second-order valence-corrected chi connectivity index (χ2v) is 8.94. The fourth-order valence-corrected chi connectivity index (χ4v) is 5.24. The third-order valence-electron chi connectivity index (χ3n) is 5.55. The topological polar surface area (TPSA) is 60.9 Å². The van der Waals surface area contributed by atoms with Gasteiger partial charge in [0.1, 0.15) is 0 Å². The average Bonchev–Trinajstić information content (AvgIpc) is 3.46. The lowest BCUT2D eigenvalue weighted by molar-refractivity contribution is -0.118. The molecule has 1 unspecified atom stereocenters. The molecule has 6 nitrogen and oxygen atoms in total. The first-order valence-electron chi connectivity index (χ1n) is 10.2. The third kappa shape index (κ3) is 3.75. The Kier molecular flexibility index (Phi) is 5.08. The van der Waals surface area contributed by atoms with Crippen LogP contribution in [0.1, 0.15) is 29.5 Å². The SMILES string of the molecule is Cc1cc(C)c2nc(N(CC3CCCO3)C(=O)Cc3ccc4c(c3)OCO4)sc2c1. The van der Waals surface area contributed by atoms with Crippen LogP contribution in [0.4, 0.5) is 5.13 Å². The van der Waals surface area contributed by atoms with Crippen LogP contribution in [0.25, 0.3) is 10.2 Å². The molecule has 1 saturated heterocycles. The standard InChI is InChI=1S/C23H24N2O4S/c1-14-8-15(2)22-20(9-14)30-23(24-22)25(12-17-4-3-7-27-17)21(26)11-16-5-6-18-19(10-16)29-13-28-18/h5-6,8-10,17H,3-4,7,11-13H2,1-2H3. The minimum atomic E-state index is 0.0118. The summed E-state index contributed by atoms with van der Waals surface area (Å²) in [6, 6.07) is 9.93. The number of thiazole rings is 1. The van der Waals surface area contributed by atoms with Crippen molar-refractivity contribution in [2.45, 2.75) is 39.2 Å². The molecule has 30 heavy (non-hydrogen) atoms. The van der Waals surface area contributed by atoms with Gasteiger partial charge >= 0.3 is 0 Å². The third-order valence-corrected chi connectivity index (χ3v) is 6.58. The second kappa shape index (κ2) is 7.89. The van der Waals surface area contributed by atoms with Gasteiger partial charge < -0.3 is 14.2 Å². The monoisotopic (exact) mass is 424 g/mol. The van der Waals surface area contributed by atoms with E-state index in [0.29, 0.717) is 12.3 Å². The predicted molar refractivity (Wildman–Crippen MR) is 117 cm³/mol. The van der Waals surface area contributed by atoms with Crippen molar-refractivity contribution in [2.24, 2.45) is 0 Å². The molecule has 2 aliphatic rings. The Morgan fingerprint density at radius 3 is 2.90 bits per heavy atom. The van der Waals surface area contributed by atoms with Crippen LogP contribution in [0.3, 0.4) is 0 Å². The lowest BCUT2D eigenvalue weighted by Gasteiger charge is -2.23. The fraction of sp³-hybridized carbons (Fsp3) is 0.391. The average molecular weight is 425 g/mol. The first-order chi connectivity index (χ1) is 14.6. The number of amides is 1. The van der Waals surface area contributed by atoms with Crippen molar-refractivity contribution in [3.05, 3.63) is 47.0 Å². The molecule has 5 rings (SSSR count). The van der Waals surface area contributed by atoms with Crippen LogP contribution >= 0.6 is 11.3 Å². The van der Waals surface area contributed by atoms with E-state index in [1.54, 1.807) is 16.2 Å². The predicted octanol–water partition coefficient (Wildman–Crippen LogP) is 4.40. The molecule has 2 aromatic carbocycles. The Labute approximate surface area is 179 Å². The largest absolute Gasteiger partial charge is 0.454 e. The van der Waals surface area contributed by atoms with Gasteiger partial charge in [-0.1, -0.05) is 23.5 Å². The number of hydrogen-bond acceptors (Lipinski definition) is 6. The molecular formula is C23H24N2O4S. The number of benzene rings is 2. The van der Waals surface area contributed by atoms with Crippen LogP contribution in [0.2, 0.25) is 0 Å². The molecule has 3 aromatic rings. The summed E-state index contributed by atoms with van der Waals surface area (Å²) in [6.45, 7) is 5.66. The van der Waals surface area contributed by atoms with Crippen molar-refractivity contribution in [1.29, 1.82) is 0 Å². The van der Waals surface area contributed by atoms with Gasteiger partial charge in [0.25, 0.3) is 0 Å². The molecule has 1 amide bonds. The molecule has 1 fully saturated rings. The minimum Gasteiger partial charge on any atom is -0.454 e. The summed E-state index contributed by atoms with van der Waals surface area (Å²) in [5.74, 6) is 1.43. The molecule has 0 saturated carbocycles. The van der Waals surface area contributed by atoms with Crippen LogP contribution in [0.5, 0.6) is 11.5 Å². The van der Waals surface area contributed by atoms with E-state index in [1.165, 1.54) is 5.56 Å². The summed E-state index contributed by atoms with van der Waals surface area (Å²) in [5, 5.41) is 0.736. The van der Waals surface area contributed by atoms with Gasteiger partial charge in [-0.05, 0) is 61.6 Å². The van der Waals surface area contributed by atoms with E-state index >= 15 is 0 Å². The summed E-state index contributed by atoms with van der Waals surface area (Å²) in [6.07, 6.45) is 2.33. The van der Waals surface area contributed by atoms with Crippen LogP contribution in [-0.4, -0.2) is 36.9 Å². The van der Waals surface area contributed by atoms with E-state index < -0.39 is 0 Å². The Bertz CT molecular complexity index is 1100. The molecule has 2 aliphatic heterocycles. The zero-order valence-corrected chi connectivity index (χ0v) is 18.0. The molecule has 3 heterocycles. The van der Waals surface area contributed by atoms with Gasteiger partial charge in [0.2, 0.25) is 12.7 Å². The molecule has 1 atom stereocenters. The maximum Gasteiger partial charge on any atom is 0.233 e. The molecule has 0 aliphatic carbocycles. The number of carbonyl (C=O) groups is 1. The highest BCUT2D eigenvalue weighted by atomic mass is 32.1. The number of hydrogen-bond donors (Lipinski definition) is 0. The van der Waals surface area contributed by atoms with Crippen LogP contribution in [-0.2, 0) is 16.0 Å². The number of aromatic nitrogens is 1. The molecule has 7 heteroatoms. The van der Waals surface area contributed by atoms with E-state index in [9.17, 15) is 4.79 Å². The van der Waals surface area contributed by atoms with Gasteiger partial charge in [-0.15, -0.1) is 0 Å². The highest BCUT2D eigenvalue weighted by Gasteiger charge is 2.27. The van der Waals surface area contributed by atoms with Gasteiger partial charge in [0, 0.05) is 6.61 Å². The van der Waals surface area contributed by atoms with Gasteiger partial charge in [-0.3, -0.25) is 9.69 Å². The van der Waals surface area contributed by atoms with Crippen molar-refractivity contribution < 1.29 is 19.0 Å². The molecule has 0 bridgehead atoms. The van der Waals surface area contributed by atoms with Gasteiger partial charge in [-0.25, -0.2) is 4.98 Å². The fourth-order valence-electron chi connectivity index (χ4n) is 4.07. The van der Waals surface area contributed by atoms with Gasteiger partial charge in [0.15, 0.2) is 16.6 Å². The number of rotatable bonds is 5. The lowest BCUT2D eigenvalue weighted by Crippen LogP contribution is -2.38. The number of fused-ring (bicyclic) bond motifs is 2. The van der Waals surface area contributed by atoms with Crippen molar-refractivity contribution in [2.75, 3.05) is 24.8 Å². The number of anilines is 1. The van der Waals surface area contributed by atoms with E-state index in [-0.39, 0.29) is 25.2 Å². The smallest absolute Gasteiger partial charge is 0.233 e. The molecule has 156 valence electrons. The summed E-state index contributed by atoms with van der Waals surface area (Å²) in [7, 11) is 0. The van der Waals surface area contributed by atoms with E-state index in [1.807, 2.05) is 18.2 Å². The van der Waals surface area contributed by atoms with Crippen LogP contribution < -0.4 is 14.4 Å². The van der Waals surface area contributed by atoms with Gasteiger partial charge in [-0.2, -0.15) is 0 Å². The van der Waals surface area contributed by atoms with Crippen molar-refractivity contribution in [1.82, 2.24) is 4.98 Å². The Balaban J connectivity index is 1.45. The van der Waals surface area contributed by atoms with Crippen molar-refractivity contribution in [3.63, 3.8) is 0 Å². The summed E-state index contributed by atoms with van der Waals surface area (Å²) in [5.41, 5.74) is 4.20. The molecule has 0 N–H and O–H groups in total. The Morgan fingerprint density at radius 1 is 1.20 bits per heavy atom. The van der Waals surface area contributed by atoms with E-state index in [2.05, 4.69) is 26.0 Å². The first-order valence-corrected chi connectivity index (χ1v) is 11.1. The highest BCUT2D eigenvalue weighted by Crippen LogP contribution is 2.35. The quantitative estimate of drug-likeness (QED) is 0.608. The summed E-state index contributed by atoms with van der Waals surface area (Å²) in [4.78, 5) is 20.0. The highest BCUT2D eigenvalue weighted by molar-refractivity contribution is 7.22. The zero-order chi connectivity index (χ0) is 20.7. The lowest BCUT2D eigenvalue weighted by atomic mass is 10.1. The molecule has 0 radical (unpaired) electrons. The normalized spacial score (nSPS) is 17.6. The molecule has 1 aromatic heterocycles. The maximum absolute atomic E-state index is 13.4. The van der Waals surface area contributed by atoms with Crippen molar-refractivity contribution >= 4 is 32.6 Å². The van der Waals surface area contributed by atoms with E-state index in [0.717, 1.165) is 51.7 Å². The zero-order valence-electron chi connectivity index (χ0n) is 17.1. The first kappa shape index (κ1) is 19.3. The van der Waals surface area contributed by atoms with Crippen LogP contribution in [0, 0.1) is 13.8 Å². The van der Waals surface area contributed by atoms with E-state index in [4.69, 9.17) is 19.2 Å². The maximum atomic E-state index is 13.4. The second-order valence-electron chi connectivity index (χ2n) is 7.93. The number of nitrogens with zero attached hydrogens (tertiary/aromatic N) is 2. The Morgan fingerprint density at radius 2 is 2.07 bits per heavy atom. The number of aryl methyl sites for hydroxylation is 2.